The molecule has 0 heterocycles. The van der Waals surface area contributed by atoms with Crippen molar-refractivity contribution < 1.29 is 9.59 Å². The summed E-state index contributed by atoms with van der Waals surface area (Å²) in [4.78, 5) is 16.4. The average Bonchev–Trinajstić information content (AvgIpc) is 1.35. The second-order valence-electron chi connectivity index (χ2n) is 1.00. The van der Waals surface area contributed by atoms with Crippen molar-refractivity contribution in [2.24, 2.45) is 0 Å². The van der Waals surface area contributed by atoms with E-state index >= 15 is 0 Å². The molecule has 36 valence electrons. The van der Waals surface area contributed by atoms with Gasteiger partial charge < -0.3 is 9.59 Å². The Morgan fingerprint density at radius 1 is 1.67 bits per heavy atom. The van der Waals surface area contributed by atoms with Gasteiger partial charge in [0, 0.05) is 6.04 Å². The first-order valence-corrected chi connectivity index (χ1v) is 3.59. The van der Waals surface area contributed by atoms with Crippen molar-refractivity contribution >= 4 is 9.28 Å². The first-order chi connectivity index (χ1) is 2.77. The maximum atomic E-state index is 8.18. The first-order valence-electron chi connectivity index (χ1n) is 1.74. The number of rotatable bonds is 2. The van der Waals surface area contributed by atoms with Gasteiger partial charge in [-0.15, -0.1) is 6.58 Å². The van der Waals surface area contributed by atoms with Crippen molar-refractivity contribution in [1.82, 2.24) is 0 Å². The van der Waals surface area contributed by atoms with Gasteiger partial charge in [-0.1, -0.05) is 6.08 Å². The lowest BCUT2D eigenvalue weighted by Gasteiger charge is -1.87. The third-order valence-corrected chi connectivity index (χ3v) is 1.13. The molecule has 0 bridgehead atoms. The van der Waals surface area contributed by atoms with Crippen LogP contribution in [0.2, 0.25) is 6.04 Å². The van der Waals surface area contributed by atoms with Gasteiger partial charge >= 0.3 is 9.28 Å². The molecule has 0 amide bonds. The molecule has 3 heteroatoms. The molecule has 0 rings (SSSR count). The van der Waals surface area contributed by atoms with E-state index in [0.717, 1.165) is 0 Å². The lowest BCUT2D eigenvalue weighted by molar-refractivity contribution is 0.411. The summed E-state index contributed by atoms with van der Waals surface area (Å²) in [6, 6.07) is 0.389. The van der Waals surface area contributed by atoms with E-state index in [1.54, 1.807) is 0 Å². The molecular weight excluding hydrogens is 96.1 g/mol. The third-order valence-electron chi connectivity index (χ3n) is 0.377. The van der Waals surface area contributed by atoms with E-state index in [2.05, 4.69) is 6.58 Å². The highest BCUT2D eigenvalue weighted by molar-refractivity contribution is 6.41. The van der Waals surface area contributed by atoms with E-state index in [0.29, 0.717) is 6.04 Å². The van der Waals surface area contributed by atoms with Crippen LogP contribution >= 0.6 is 0 Å². The monoisotopic (exact) mass is 104 g/mol. The highest BCUT2D eigenvalue weighted by Gasteiger charge is 1.92. The molecule has 0 saturated heterocycles. The Balaban J connectivity index is 2.81. The Hall–Kier alpha value is -0.123. The van der Waals surface area contributed by atoms with Crippen molar-refractivity contribution in [3.8, 4) is 0 Å². The van der Waals surface area contributed by atoms with Crippen molar-refractivity contribution in [2.75, 3.05) is 0 Å². The van der Waals surface area contributed by atoms with E-state index in [9.17, 15) is 0 Å². The maximum Gasteiger partial charge on any atom is 0.319 e. The van der Waals surface area contributed by atoms with Gasteiger partial charge in [0.2, 0.25) is 0 Å². The molecule has 0 aromatic carbocycles. The van der Waals surface area contributed by atoms with E-state index < -0.39 is 9.28 Å². The fraction of sp³-hybridized carbons (Fsp3) is 0.333. The van der Waals surface area contributed by atoms with Gasteiger partial charge in [0.25, 0.3) is 0 Å². The van der Waals surface area contributed by atoms with Crippen LogP contribution < -0.4 is 0 Å². The van der Waals surface area contributed by atoms with Crippen molar-refractivity contribution in [1.29, 1.82) is 0 Å². The Bertz CT molecular complexity index is 44.1. The molecule has 0 aliphatic carbocycles. The van der Waals surface area contributed by atoms with E-state index in [1.807, 2.05) is 0 Å². The van der Waals surface area contributed by atoms with Crippen LogP contribution in [0.25, 0.3) is 0 Å². The normalized spacial score (nSPS) is 9.17. The summed E-state index contributed by atoms with van der Waals surface area (Å²) >= 11 is 0. The molecule has 0 aromatic heterocycles. The molecule has 2 N–H and O–H groups in total. The van der Waals surface area contributed by atoms with Crippen LogP contribution in [0.3, 0.4) is 0 Å². The van der Waals surface area contributed by atoms with Gasteiger partial charge in [-0.05, 0) is 0 Å². The molecule has 0 aliphatic rings. The quantitative estimate of drug-likeness (QED) is 0.362. The zero-order valence-corrected chi connectivity index (χ0v) is 4.62. The molecule has 0 radical (unpaired) electrons. The predicted octanol–water partition coefficient (Wildman–Crippen LogP) is -0.623. The highest BCUT2D eigenvalue weighted by Crippen LogP contribution is 1.79. The summed E-state index contributed by atoms with van der Waals surface area (Å²) in [7, 11) is -2.29. The summed E-state index contributed by atoms with van der Waals surface area (Å²) in [5.41, 5.74) is 0. The third kappa shape index (κ3) is 3.88. The van der Waals surface area contributed by atoms with Crippen LogP contribution in [0.1, 0.15) is 0 Å². The van der Waals surface area contributed by atoms with Crippen LogP contribution in [0.4, 0.5) is 0 Å². The second-order valence-corrected chi connectivity index (χ2v) is 2.44. The Labute approximate surface area is 38.6 Å². The molecule has 0 fully saturated rings. The minimum atomic E-state index is -2.29. The van der Waals surface area contributed by atoms with Crippen LogP contribution in [-0.2, 0) is 0 Å². The zero-order valence-electron chi connectivity index (χ0n) is 3.46. The Morgan fingerprint density at radius 2 is 2.17 bits per heavy atom. The highest BCUT2D eigenvalue weighted by atomic mass is 28.3. The SMILES string of the molecule is C=CC[SiH](O)O. The number of hydrogen-bond acceptors (Lipinski definition) is 2. The topological polar surface area (TPSA) is 40.5 Å². The molecule has 0 aliphatic heterocycles. The smallest absolute Gasteiger partial charge is 0.319 e. The van der Waals surface area contributed by atoms with Crippen molar-refractivity contribution in [3.63, 3.8) is 0 Å². The van der Waals surface area contributed by atoms with Gasteiger partial charge in [-0.2, -0.15) is 0 Å². The van der Waals surface area contributed by atoms with E-state index in [-0.39, 0.29) is 0 Å². The molecular formula is C3H8O2Si. The predicted molar refractivity (Wildman–Crippen MR) is 26.6 cm³/mol. The summed E-state index contributed by atoms with van der Waals surface area (Å²) in [5.74, 6) is 0. The van der Waals surface area contributed by atoms with Gasteiger partial charge in [-0.3, -0.25) is 0 Å². The molecule has 0 aromatic rings. The summed E-state index contributed by atoms with van der Waals surface area (Å²) in [6.45, 7) is 3.32. The molecule has 0 atom stereocenters. The molecule has 0 spiro atoms. The molecule has 2 nitrogen and oxygen atoms in total. The average molecular weight is 104 g/mol. The zero-order chi connectivity index (χ0) is 4.99. The standard InChI is InChI=1S/C3H8O2Si/c1-2-3-6(4)5/h2,4-6H,1,3H2. The lowest BCUT2D eigenvalue weighted by atomic mass is 10.8. The lowest BCUT2D eigenvalue weighted by Crippen LogP contribution is -2.07. The van der Waals surface area contributed by atoms with Gasteiger partial charge in [0.05, 0.1) is 0 Å². The van der Waals surface area contributed by atoms with Crippen LogP contribution in [0.5, 0.6) is 0 Å². The van der Waals surface area contributed by atoms with Crippen LogP contribution in [0.15, 0.2) is 12.7 Å². The molecule has 0 saturated carbocycles. The Morgan fingerprint density at radius 3 is 2.17 bits per heavy atom. The fourth-order valence-electron chi connectivity index (χ4n) is 0.149. The first kappa shape index (κ1) is 5.88. The van der Waals surface area contributed by atoms with Gasteiger partial charge in [0.15, 0.2) is 0 Å². The summed E-state index contributed by atoms with van der Waals surface area (Å²) in [6.07, 6.45) is 1.51. The van der Waals surface area contributed by atoms with Gasteiger partial charge in [0.1, 0.15) is 0 Å². The second kappa shape index (κ2) is 3.08. The maximum absolute atomic E-state index is 8.18. The minimum absolute atomic E-state index is 0.389. The number of hydrogen-bond donors (Lipinski definition) is 2. The van der Waals surface area contributed by atoms with Crippen molar-refractivity contribution in [3.05, 3.63) is 12.7 Å². The molecule has 6 heavy (non-hydrogen) atoms. The van der Waals surface area contributed by atoms with Crippen LogP contribution in [-0.4, -0.2) is 18.9 Å². The number of allylic oxidation sites excluding steroid dienone is 1. The van der Waals surface area contributed by atoms with Crippen molar-refractivity contribution in [2.45, 2.75) is 6.04 Å². The van der Waals surface area contributed by atoms with Crippen LogP contribution in [0, 0.1) is 0 Å². The minimum Gasteiger partial charge on any atom is -0.413 e. The van der Waals surface area contributed by atoms with E-state index in [1.165, 1.54) is 6.08 Å². The Kier molecular flexibility index (Phi) is 3.02. The summed E-state index contributed by atoms with van der Waals surface area (Å²) < 4.78 is 0. The fourth-order valence-corrected chi connectivity index (χ4v) is 0.447. The molecule has 0 unspecified atom stereocenters. The largest absolute Gasteiger partial charge is 0.413 e. The summed E-state index contributed by atoms with van der Waals surface area (Å²) in [5, 5.41) is 0. The van der Waals surface area contributed by atoms with Gasteiger partial charge in [-0.25, -0.2) is 0 Å². The van der Waals surface area contributed by atoms with E-state index in [4.69, 9.17) is 9.59 Å².